The van der Waals surface area contributed by atoms with E-state index in [1.54, 1.807) is 0 Å². The topological polar surface area (TPSA) is 46.5 Å². The lowest BCUT2D eigenvalue weighted by molar-refractivity contribution is -0.135. The summed E-state index contributed by atoms with van der Waals surface area (Å²) >= 11 is 3.65. The molecular weight excluding hydrogens is 641 g/mol. The summed E-state index contributed by atoms with van der Waals surface area (Å²) in [5.41, 5.74) is 5.37. The van der Waals surface area contributed by atoms with E-state index in [9.17, 15) is 9.90 Å². The Hall–Kier alpha value is -2.37. The lowest BCUT2D eigenvalue weighted by Gasteiger charge is -2.32. The van der Waals surface area contributed by atoms with Crippen LogP contribution in [0.3, 0.4) is 0 Å². The normalized spacial score (nSPS) is 13.9. The molecule has 0 saturated heterocycles. The molecule has 0 saturated carbocycles. The van der Waals surface area contributed by atoms with Gasteiger partial charge in [-0.25, -0.2) is 0 Å². The molecule has 49 heavy (non-hydrogen) atoms. The van der Waals surface area contributed by atoms with Crippen LogP contribution in [0.1, 0.15) is 157 Å². The van der Waals surface area contributed by atoms with Gasteiger partial charge in [0.1, 0.15) is 11.5 Å². The van der Waals surface area contributed by atoms with E-state index in [0.29, 0.717) is 17.4 Å². The summed E-state index contributed by atoms with van der Waals surface area (Å²) in [6.07, 6.45) is 1.02. The number of carbonyl (C=O) groups excluding carboxylic acids is 1. The van der Waals surface area contributed by atoms with Crippen molar-refractivity contribution in [2.24, 2.45) is 5.92 Å². The molecule has 3 nitrogen and oxygen atoms in total. The van der Waals surface area contributed by atoms with Crippen molar-refractivity contribution in [2.45, 2.75) is 166 Å². The van der Waals surface area contributed by atoms with Gasteiger partial charge in [0.05, 0.1) is 10.00 Å². The monoisotopic (exact) mass is 704 g/mol. The van der Waals surface area contributed by atoms with Crippen LogP contribution in [-0.2, 0) is 32.9 Å². The van der Waals surface area contributed by atoms with Gasteiger partial charge in [0.25, 0.3) is 0 Å². The second-order valence-electron chi connectivity index (χ2n) is 18.8. The minimum atomic E-state index is -0.389. The highest BCUT2D eigenvalue weighted by atomic mass is 32.2. The first-order valence-electron chi connectivity index (χ1n) is 17.9. The van der Waals surface area contributed by atoms with Gasteiger partial charge in [0.15, 0.2) is 0 Å². The van der Waals surface area contributed by atoms with Gasteiger partial charge in [-0.1, -0.05) is 121 Å². The Morgan fingerprint density at radius 3 is 1.35 bits per heavy atom. The van der Waals surface area contributed by atoms with Crippen LogP contribution in [0.5, 0.6) is 11.5 Å². The van der Waals surface area contributed by atoms with Gasteiger partial charge in [0, 0.05) is 32.0 Å². The Labute approximate surface area is 307 Å². The summed E-state index contributed by atoms with van der Waals surface area (Å²) in [4.78, 5) is 16.1. The van der Waals surface area contributed by atoms with Crippen LogP contribution >= 0.6 is 23.5 Å². The highest BCUT2D eigenvalue weighted by molar-refractivity contribution is 8.18. The molecular formula is C44H64O3S2. The Bertz CT molecular complexity index is 1550. The van der Waals surface area contributed by atoms with Crippen molar-refractivity contribution in [2.75, 3.05) is 0 Å². The number of ether oxygens (including phenoxy) is 1. The third kappa shape index (κ3) is 10.8. The van der Waals surface area contributed by atoms with Gasteiger partial charge >= 0.3 is 5.97 Å². The molecule has 0 aromatic heterocycles. The Balaban J connectivity index is 2.04. The average molecular weight is 705 g/mol. The van der Waals surface area contributed by atoms with E-state index in [2.05, 4.69) is 159 Å². The zero-order chi connectivity index (χ0) is 37.5. The maximum atomic E-state index is 13.8. The summed E-state index contributed by atoms with van der Waals surface area (Å²) < 4.78 is 6.21. The van der Waals surface area contributed by atoms with E-state index in [0.717, 1.165) is 44.0 Å². The van der Waals surface area contributed by atoms with Crippen LogP contribution in [0, 0.1) is 5.92 Å². The summed E-state index contributed by atoms with van der Waals surface area (Å²) in [5.74, 6) is 1.05. The molecule has 0 spiro atoms. The summed E-state index contributed by atoms with van der Waals surface area (Å²) in [5, 5.41) is 11.3. The number of thioether (sulfide) groups is 2. The predicted octanol–water partition coefficient (Wildman–Crippen LogP) is 13.1. The molecule has 1 N–H and O–H groups in total. The maximum absolute atomic E-state index is 13.8. The van der Waals surface area contributed by atoms with E-state index in [1.807, 2.05) is 30.4 Å². The van der Waals surface area contributed by atoms with Crippen molar-refractivity contribution in [1.82, 2.24) is 0 Å². The first kappa shape index (κ1) is 41.1. The zero-order valence-corrected chi connectivity index (χ0v) is 35.2. The molecule has 0 unspecified atom stereocenters. The zero-order valence-electron chi connectivity index (χ0n) is 33.6. The van der Waals surface area contributed by atoms with Crippen LogP contribution in [0.4, 0.5) is 0 Å². The summed E-state index contributed by atoms with van der Waals surface area (Å²) in [6.45, 7) is 37.0. The number of carbonyl (C=O) groups is 1. The van der Waals surface area contributed by atoms with Crippen LogP contribution in [0.15, 0.2) is 58.3 Å². The first-order valence-corrected chi connectivity index (χ1v) is 19.5. The molecule has 0 bridgehead atoms. The lowest BCUT2D eigenvalue weighted by Crippen LogP contribution is -2.24. The van der Waals surface area contributed by atoms with Crippen LogP contribution in [0.25, 0.3) is 0 Å². The fourth-order valence-electron chi connectivity index (χ4n) is 6.02. The molecule has 5 heteroatoms. The van der Waals surface area contributed by atoms with Crippen LogP contribution < -0.4 is 4.74 Å². The van der Waals surface area contributed by atoms with Gasteiger partial charge in [0.2, 0.25) is 0 Å². The largest absolute Gasteiger partial charge is 0.507 e. The first-order chi connectivity index (χ1) is 22.1. The molecule has 0 aliphatic heterocycles. The molecule has 3 rings (SSSR count). The molecule has 0 fully saturated rings. The third-order valence-corrected chi connectivity index (χ3v) is 11.2. The molecule has 0 aliphatic carbocycles. The van der Waals surface area contributed by atoms with Crippen LogP contribution in [0.2, 0.25) is 0 Å². The van der Waals surface area contributed by atoms with Gasteiger partial charge in [-0.3, -0.25) is 4.79 Å². The van der Waals surface area contributed by atoms with Gasteiger partial charge < -0.3 is 9.84 Å². The Morgan fingerprint density at radius 2 is 1.00 bits per heavy atom. The molecule has 0 heterocycles. The van der Waals surface area contributed by atoms with Crippen molar-refractivity contribution in [3.63, 3.8) is 0 Å². The number of esters is 1. The Morgan fingerprint density at radius 1 is 0.633 bits per heavy atom. The molecule has 3 aromatic rings. The summed E-state index contributed by atoms with van der Waals surface area (Å²) in [6, 6.07) is 17.2. The van der Waals surface area contributed by atoms with Gasteiger partial charge in [-0.15, -0.1) is 23.5 Å². The van der Waals surface area contributed by atoms with Crippen molar-refractivity contribution in [1.29, 1.82) is 0 Å². The Kier molecular flexibility index (Phi) is 12.3. The quantitative estimate of drug-likeness (QED) is 0.104. The number of hydrogen-bond acceptors (Lipinski definition) is 5. The fraction of sp³-hybridized carbons (Fsp3) is 0.568. The number of rotatable bonds is 9. The SMILES string of the molecule is CC(C)Cc1ccc([C@@H](C)C(=O)Oc2c(C(C)(C)C)cc(SC(C)(C)Sc3cc(C(C)(C)C)c(O)c(C(C)(C)C)c3)cc2C(C)(C)C)cc1. The second kappa shape index (κ2) is 14.7. The molecule has 0 aliphatic rings. The maximum Gasteiger partial charge on any atom is 0.318 e. The molecule has 3 aromatic carbocycles. The van der Waals surface area contributed by atoms with Crippen molar-refractivity contribution >= 4 is 29.5 Å². The van der Waals surface area contributed by atoms with Crippen molar-refractivity contribution in [3.8, 4) is 11.5 Å². The standard InChI is InChI=1S/C44H64O3S2/c1-27(2)22-29-18-20-30(21-19-29)28(3)39(46)47-38-35(42(10,11)12)25-32(26-36(38)43(13,14)15)49-44(16,17)48-31-23-33(40(4,5)6)37(45)34(24-31)41(7,8)9/h18-21,23-28,45H,22H2,1-17H3/t28-/m1/s1. The van der Waals surface area contributed by atoms with E-state index in [4.69, 9.17) is 4.74 Å². The van der Waals surface area contributed by atoms with Gasteiger partial charge in [-0.2, -0.15) is 0 Å². The summed E-state index contributed by atoms with van der Waals surface area (Å²) in [7, 11) is 0. The number of hydrogen-bond donors (Lipinski definition) is 1. The van der Waals surface area contributed by atoms with Crippen LogP contribution in [-0.4, -0.2) is 15.2 Å². The highest BCUT2D eigenvalue weighted by Gasteiger charge is 2.33. The van der Waals surface area contributed by atoms with Gasteiger partial charge in [-0.05, 0) is 90.2 Å². The molecule has 1 atom stereocenters. The number of benzene rings is 3. The predicted molar refractivity (Wildman–Crippen MR) is 214 cm³/mol. The minimum Gasteiger partial charge on any atom is -0.507 e. The smallest absolute Gasteiger partial charge is 0.318 e. The average Bonchev–Trinajstić information content (AvgIpc) is 2.91. The molecule has 270 valence electrons. The van der Waals surface area contributed by atoms with Crippen molar-refractivity contribution in [3.05, 3.63) is 81.9 Å². The third-order valence-electron chi connectivity index (χ3n) is 8.79. The minimum absolute atomic E-state index is 0.191. The van der Waals surface area contributed by atoms with E-state index in [1.165, 1.54) is 5.56 Å². The number of phenols is 1. The number of phenolic OH excluding ortho intramolecular Hbond substituents is 1. The lowest BCUT2D eigenvalue weighted by atomic mass is 9.79. The molecule has 0 amide bonds. The second-order valence-corrected chi connectivity index (χ2v) is 22.5. The van der Waals surface area contributed by atoms with E-state index in [-0.39, 0.29) is 37.6 Å². The number of aromatic hydroxyl groups is 1. The van der Waals surface area contributed by atoms with E-state index >= 15 is 0 Å². The molecule has 0 radical (unpaired) electrons. The van der Waals surface area contributed by atoms with Crippen molar-refractivity contribution < 1.29 is 14.6 Å². The van der Waals surface area contributed by atoms with E-state index < -0.39 is 0 Å². The fourth-order valence-corrected chi connectivity index (χ4v) is 8.61. The highest BCUT2D eigenvalue weighted by Crippen LogP contribution is 2.51.